The van der Waals surface area contributed by atoms with Crippen molar-refractivity contribution >= 4 is 23.4 Å². The number of ether oxygens (including phenoxy) is 2. The Morgan fingerprint density at radius 1 is 1.09 bits per heavy atom. The Bertz CT molecular complexity index is 1010. The molecule has 2 amide bonds. The van der Waals surface area contributed by atoms with E-state index in [0.717, 1.165) is 18.9 Å². The van der Waals surface area contributed by atoms with Crippen LogP contribution in [0.25, 0.3) is 0 Å². The van der Waals surface area contributed by atoms with Crippen LogP contribution in [0.5, 0.6) is 5.75 Å². The van der Waals surface area contributed by atoms with Crippen LogP contribution in [0.3, 0.4) is 0 Å². The van der Waals surface area contributed by atoms with Gasteiger partial charge >= 0.3 is 0 Å². The first-order chi connectivity index (χ1) is 15.3. The molecule has 6 rings (SSSR count). The second-order valence-corrected chi connectivity index (χ2v) is 9.37. The second-order valence-electron chi connectivity index (χ2n) is 8.96. The first-order valence-electron chi connectivity index (χ1n) is 10.5. The van der Waals surface area contributed by atoms with E-state index in [0.29, 0.717) is 19.3 Å². The van der Waals surface area contributed by atoms with E-state index in [2.05, 4.69) is 20.8 Å². The zero-order valence-electron chi connectivity index (χ0n) is 17.2. The highest BCUT2D eigenvalue weighted by atomic mass is 35.5. The summed E-state index contributed by atoms with van der Waals surface area (Å²) in [7, 11) is 0. The first kappa shape index (κ1) is 21.1. The third kappa shape index (κ3) is 4.16. The van der Waals surface area contributed by atoms with Gasteiger partial charge in [-0.1, -0.05) is 11.6 Å². The van der Waals surface area contributed by atoms with Crippen LogP contribution >= 0.6 is 11.6 Å². The van der Waals surface area contributed by atoms with Crippen LogP contribution in [0.1, 0.15) is 38.1 Å². The molecule has 4 aliphatic carbocycles. The van der Waals surface area contributed by atoms with E-state index in [1.807, 2.05) is 0 Å². The summed E-state index contributed by atoms with van der Waals surface area (Å²) < 4.78 is 24.4. The zero-order valence-corrected chi connectivity index (χ0v) is 18.0. The summed E-state index contributed by atoms with van der Waals surface area (Å²) in [5.74, 6) is -0.785. The number of hydrogen-bond donors (Lipinski definition) is 2. The Balaban J connectivity index is 0.978. The molecule has 1 aromatic heterocycles. The largest absolute Gasteiger partial charge is 0.484 e. The molecule has 9 nitrogen and oxygen atoms in total. The number of rotatable bonds is 9. The fraction of sp³-hybridized carbons (Fsp3) is 0.524. The molecule has 11 heteroatoms. The van der Waals surface area contributed by atoms with E-state index < -0.39 is 5.82 Å². The van der Waals surface area contributed by atoms with Gasteiger partial charge in [0, 0.05) is 17.1 Å². The van der Waals surface area contributed by atoms with E-state index in [1.54, 1.807) is 17.2 Å². The second kappa shape index (κ2) is 8.00. The fourth-order valence-electron chi connectivity index (χ4n) is 4.90. The lowest BCUT2D eigenvalue weighted by Gasteiger charge is -2.70. The molecule has 170 valence electrons. The Morgan fingerprint density at radius 2 is 1.72 bits per heavy atom. The smallest absolute Gasteiger partial charge is 0.258 e. The van der Waals surface area contributed by atoms with Crippen molar-refractivity contribution in [3.05, 3.63) is 41.4 Å². The number of benzene rings is 1. The van der Waals surface area contributed by atoms with Crippen LogP contribution in [0.4, 0.5) is 4.39 Å². The van der Waals surface area contributed by atoms with E-state index in [4.69, 9.17) is 21.1 Å². The van der Waals surface area contributed by atoms with Crippen LogP contribution < -0.4 is 15.4 Å². The maximum absolute atomic E-state index is 13.4. The Hall–Kier alpha value is -2.72. The minimum absolute atomic E-state index is 0.00294. The molecular weight excluding hydrogens is 441 g/mol. The third-order valence-electron chi connectivity index (χ3n) is 6.38. The van der Waals surface area contributed by atoms with Crippen LogP contribution in [0, 0.1) is 5.82 Å². The lowest BCUT2D eigenvalue weighted by molar-refractivity contribution is -0.155. The van der Waals surface area contributed by atoms with Gasteiger partial charge in [0.2, 0.25) is 5.91 Å². The fourth-order valence-corrected chi connectivity index (χ4v) is 5.02. The summed E-state index contributed by atoms with van der Waals surface area (Å²) in [5.41, 5.74) is -0.549. The number of carbonyl (C=O) groups is 2. The molecule has 1 aromatic carbocycles. The molecule has 0 radical (unpaired) electrons. The van der Waals surface area contributed by atoms with Crippen LogP contribution in [0.15, 0.2) is 30.6 Å². The molecule has 0 unspecified atom stereocenters. The van der Waals surface area contributed by atoms with Gasteiger partial charge in [0.25, 0.3) is 5.91 Å². The van der Waals surface area contributed by atoms with Gasteiger partial charge in [-0.2, -0.15) is 15.0 Å². The number of carbonyl (C=O) groups excluding carboxylic acids is 2. The van der Waals surface area contributed by atoms with Crippen LogP contribution in [-0.4, -0.2) is 57.2 Å². The van der Waals surface area contributed by atoms with Gasteiger partial charge in [0.15, 0.2) is 6.61 Å². The average Bonchev–Trinajstić information content (AvgIpc) is 3.19. The van der Waals surface area contributed by atoms with Crippen molar-refractivity contribution in [2.75, 3.05) is 13.2 Å². The Kier molecular flexibility index (Phi) is 5.29. The summed E-state index contributed by atoms with van der Waals surface area (Å²) >= 11 is 5.63. The number of aromatic nitrogens is 3. The van der Waals surface area contributed by atoms with E-state index >= 15 is 0 Å². The van der Waals surface area contributed by atoms with Crippen molar-refractivity contribution in [1.29, 1.82) is 0 Å². The van der Waals surface area contributed by atoms with Gasteiger partial charge in [-0.05, 0) is 44.2 Å². The van der Waals surface area contributed by atoms with E-state index in [1.165, 1.54) is 12.1 Å². The number of nitrogens with zero attached hydrogens (tertiary/aromatic N) is 3. The monoisotopic (exact) mass is 463 g/mol. The normalized spacial score (nSPS) is 29.8. The lowest BCUT2D eigenvalue weighted by Crippen LogP contribution is -2.84. The minimum atomic E-state index is -0.599. The van der Waals surface area contributed by atoms with Crippen molar-refractivity contribution in [2.24, 2.45) is 0 Å². The molecule has 2 bridgehead atoms. The molecule has 0 saturated heterocycles. The molecular formula is C21H23ClFN5O4. The lowest BCUT2D eigenvalue weighted by atomic mass is 9.44. The summed E-state index contributed by atoms with van der Waals surface area (Å²) in [6.45, 7) is -0.191. The number of hydrogen-bond acceptors (Lipinski definition) is 6. The highest BCUT2D eigenvalue weighted by Gasteiger charge is 2.69. The topological polar surface area (TPSA) is 107 Å². The number of amides is 2. The molecule has 0 aliphatic heterocycles. The molecule has 32 heavy (non-hydrogen) atoms. The minimum Gasteiger partial charge on any atom is -0.484 e. The molecule has 4 aliphatic rings. The van der Waals surface area contributed by atoms with Gasteiger partial charge in [0.05, 0.1) is 29.6 Å². The third-order valence-corrected chi connectivity index (χ3v) is 6.69. The molecule has 4 saturated carbocycles. The Morgan fingerprint density at radius 3 is 2.34 bits per heavy atom. The number of nitrogens with one attached hydrogen (secondary N) is 2. The zero-order chi connectivity index (χ0) is 22.3. The predicted molar refractivity (Wildman–Crippen MR) is 111 cm³/mol. The standard InChI is InChI=1S/C21H23ClFN5O4/c22-16-2-1-14(7-17(16)23)31-8-18(29)26-20-10-21(11-20,12-20)27-19(30)9-32-15-5-13(6-15)28-24-3-4-25-28/h1-4,7,13,15H,5-6,8-12H2,(H,26,29)(H,27,30). The average molecular weight is 464 g/mol. The maximum Gasteiger partial charge on any atom is 0.258 e. The molecule has 1 heterocycles. The quantitative estimate of drug-likeness (QED) is 0.587. The first-order valence-corrected chi connectivity index (χ1v) is 10.9. The van der Waals surface area contributed by atoms with Crippen molar-refractivity contribution in [3.8, 4) is 5.75 Å². The maximum atomic E-state index is 13.4. The highest BCUT2D eigenvalue weighted by Crippen LogP contribution is 2.60. The summed E-state index contributed by atoms with van der Waals surface area (Å²) in [5, 5.41) is 14.2. The summed E-state index contributed by atoms with van der Waals surface area (Å²) in [4.78, 5) is 26.1. The van der Waals surface area contributed by atoms with Crippen LogP contribution in [-0.2, 0) is 14.3 Å². The molecule has 4 fully saturated rings. The predicted octanol–water partition coefficient (Wildman–Crippen LogP) is 1.78. The van der Waals surface area contributed by atoms with Crippen molar-refractivity contribution < 1.29 is 23.5 Å². The molecule has 0 atom stereocenters. The van der Waals surface area contributed by atoms with E-state index in [9.17, 15) is 14.0 Å². The van der Waals surface area contributed by atoms with Gasteiger partial charge < -0.3 is 20.1 Å². The van der Waals surface area contributed by atoms with Gasteiger partial charge in [-0.3, -0.25) is 9.59 Å². The van der Waals surface area contributed by atoms with Crippen molar-refractivity contribution in [2.45, 2.75) is 55.3 Å². The van der Waals surface area contributed by atoms with Crippen molar-refractivity contribution in [3.63, 3.8) is 0 Å². The van der Waals surface area contributed by atoms with Gasteiger partial charge in [-0.25, -0.2) is 4.39 Å². The molecule has 0 spiro atoms. The summed E-state index contributed by atoms with van der Waals surface area (Å²) in [6.07, 6.45) is 6.99. The summed E-state index contributed by atoms with van der Waals surface area (Å²) in [6, 6.07) is 4.26. The van der Waals surface area contributed by atoms with Crippen LogP contribution in [0.2, 0.25) is 5.02 Å². The van der Waals surface area contributed by atoms with Gasteiger partial charge in [-0.15, -0.1) is 0 Å². The molecule has 2 N–H and O–H groups in total. The SMILES string of the molecule is O=C(COc1ccc(Cl)c(F)c1)NC12CC(NC(=O)COC3CC(n4nccn4)C3)(C1)C2. The number of halogens is 2. The Labute approximate surface area is 188 Å². The van der Waals surface area contributed by atoms with Crippen molar-refractivity contribution in [1.82, 2.24) is 25.6 Å². The highest BCUT2D eigenvalue weighted by molar-refractivity contribution is 6.30. The van der Waals surface area contributed by atoms with Gasteiger partial charge in [0.1, 0.15) is 18.2 Å². The van der Waals surface area contributed by atoms with E-state index in [-0.39, 0.29) is 59.0 Å². The molecule has 2 aromatic rings.